The highest BCUT2D eigenvalue weighted by Crippen LogP contribution is 2.27. The molecule has 1 unspecified atom stereocenters. The van der Waals surface area contributed by atoms with Gasteiger partial charge in [-0.1, -0.05) is 20.8 Å². The molecule has 1 N–H and O–H groups in total. The van der Waals surface area contributed by atoms with E-state index in [0.717, 1.165) is 5.01 Å². The number of carbonyl (C=O) groups excluding carboxylic acids is 1. The van der Waals surface area contributed by atoms with Gasteiger partial charge >= 0.3 is 5.97 Å². The Kier molecular flexibility index (Phi) is 4.63. The first-order chi connectivity index (χ1) is 9.77. The van der Waals surface area contributed by atoms with E-state index in [9.17, 15) is 9.59 Å². The summed E-state index contributed by atoms with van der Waals surface area (Å²) in [4.78, 5) is 29.8. The van der Waals surface area contributed by atoms with Gasteiger partial charge in [0.2, 0.25) is 0 Å². The molecule has 116 valence electrons. The minimum Gasteiger partial charge on any atom is -0.481 e. The van der Waals surface area contributed by atoms with Crippen LogP contribution in [-0.4, -0.2) is 52.7 Å². The van der Waals surface area contributed by atoms with Gasteiger partial charge in [0.1, 0.15) is 4.88 Å². The molecule has 21 heavy (non-hydrogen) atoms. The van der Waals surface area contributed by atoms with Gasteiger partial charge in [-0.3, -0.25) is 9.59 Å². The molecule has 0 aliphatic carbocycles. The van der Waals surface area contributed by atoms with Crippen LogP contribution in [0.5, 0.6) is 0 Å². The third kappa shape index (κ3) is 4.01. The number of carbonyl (C=O) groups is 2. The molecule has 1 aromatic rings. The minimum absolute atomic E-state index is 0.0833. The maximum atomic E-state index is 12.5. The van der Waals surface area contributed by atoms with Crippen LogP contribution in [0.4, 0.5) is 0 Å². The van der Waals surface area contributed by atoms with E-state index in [1.807, 2.05) is 0 Å². The van der Waals surface area contributed by atoms with E-state index in [1.54, 1.807) is 11.1 Å². The fraction of sp³-hybridized carbons (Fsp3) is 0.643. The molecule has 1 saturated heterocycles. The SMILES string of the molecule is CC(C)(C)c1ncc(C(=O)N2CCOC(CC(=O)O)C2)s1. The average molecular weight is 312 g/mol. The molecule has 0 spiro atoms. The highest BCUT2D eigenvalue weighted by molar-refractivity contribution is 7.13. The van der Waals surface area contributed by atoms with Gasteiger partial charge in [0.15, 0.2) is 0 Å². The van der Waals surface area contributed by atoms with Gasteiger partial charge in [-0.2, -0.15) is 0 Å². The van der Waals surface area contributed by atoms with E-state index in [2.05, 4.69) is 25.8 Å². The van der Waals surface area contributed by atoms with Crippen molar-refractivity contribution in [2.24, 2.45) is 0 Å². The van der Waals surface area contributed by atoms with Crippen molar-refractivity contribution in [3.8, 4) is 0 Å². The Labute approximate surface area is 127 Å². The van der Waals surface area contributed by atoms with Crippen molar-refractivity contribution in [3.05, 3.63) is 16.1 Å². The lowest BCUT2D eigenvalue weighted by atomic mass is 9.98. The fourth-order valence-electron chi connectivity index (χ4n) is 2.10. The van der Waals surface area contributed by atoms with E-state index in [4.69, 9.17) is 9.84 Å². The number of hydrogen-bond donors (Lipinski definition) is 1. The minimum atomic E-state index is -0.915. The molecule has 2 heterocycles. The molecule has 0 saturated carbocycles. The summed E-state index contributed by atoms with van der Waals surface area (Å²) in [5.41, 5.74) is -0.0833. The van der Waals surface area contributed by atoms with Crippen molar-refractivity contribution in [3.63, 3.8) is 0 Å². The number of nitrogens with zero attached hydrogens (tertiary/aromatic N) is 2. The predicted octanol–water partition coefficient (Wildman–Crippen LogP) is 1.76. The zero-order valence-corrected chi connectivity index (χ0v) is 13.3. The molecular weight excluding hydrogens is 292 g/mol. The smallest absolute Gasteiger partial charge is 0.306 e. The van der Waals surface area contributed by atoms with E-state index < -0.39 is 12.1 Å². The number of amides is 1. The average Bonchev–Trinajstić information content (AvgIpc) is 2.86. The molecule has 6 nitrogen and oxygen atoms in total. The molecule has 1 aliphatic heterocycles. The van der Waals surface area contributed by atoms with Crippen LogP contribution in [-0.2, 0) is 14.9 Å². The van der Waals surface area contributed by atoms with Gasteiger partial charge in [0.25, 0.3) is 5.91 Å². The highest BCUT2D eigenvalue weighted by atomic mass is 32.1. The Hall–Kier alpha value is -1.47. The van der Waals surface area contributed by atoms with Crippen LogP contribution in [0.1, 0.15) is 41.9 Å². The number of morpholine rings is 1. The van der Waals surface area contributed by atoms with Crippen LogP contribution in [0.2, 0.25) is 0 Å². The second kappa shape index (κ2) is 6.11. The lowest BCUT2D eigenvalue weighted by Gasteiger charge is -2.31. The maximum absolute atomic E-state index is 12.5. The molecule has 0 bridgehead atoms. The highest BCUT2D eigenvalue weighted by Gasteiger charge is 2.28. The van der Waals surface area contributed by atoms with E-state index in [1.165, 1.54) is 11.3 Å². The molecule has 1 aliphatic rings. The van der Waals surface area contributed by atoms with Crippen molar-refractivity contribution in [1.82, 2.24) is 9.88 Å². The Morgan fingerprint density at radius 1 is 1.52 bits per heavy atom. The number of hydrogen-bond acceptors (Lipinski definition) is 5. The van der Waals surface area contributed by atoms with Crippen LogP contribution < -0.4 is 0 Å². The van der Waals surface area contributed by atoms with Crippen LogP contribution >= 0.6 is 11.3 Å². The van der Waals surface area contributed by atoms with Crippen LogP contribution in [0, 0.1) is 0 Å². The van der Waals surface area contributed by atoms with Gasteiger partial charge in [-0.05, 0) is 0 Å². The fourth-order valence-corrected chi connectivity index (χ4v) is 3.04. The van der Waals surface area contributed by atoms with E-state index in [0.29, 0.717) is 24.6 Å². The molecule has 1 aromatic heterocycles. The predicted molar refractivity (Wildman–Crippen MR) is 78.7 cm³/mol. The van der Waals surface area contributed by atoms with Gasteiger partial charge in [-0.15, -0.1) is 11.3 Å². The number of ether oxygens (including phenoxy) is 1. The first kappa shape index (κ1) is 15.9. The topological polar surface area (TPSA) is 79.7 Å². The summed E-state index contributed by atoms with van der Waals surface area (Å²) in [6.07, 6.45) is 1.09. The maximum Gasteiger partial charge on any atom is 0.306 e. The number of carboxylic acids is 1. The summed E-state index contributed by atoms with van der Waals surface area (Å²) in [6, 6.07) is 0. The summed E-state index contributed by atoms with van der Waals surface area (Å²) in [6.45, 7) is 7.33. The summed E-state index contributed by atoms with van der Waals surface area (Å²) in [7, 11) is 0. The van der Waals surface area contributed by atoms with Gasteiger partial charge < -0.3 is 14.7 Å². The number of rotatable bonds is 3. The zero-order chi connectivity index (χ0) is 15.6. The normalized spacial score (nSPS) is 19.6. The van der Waals surface area contributed by atoms with Crippen LogP contribution in [0.15, 0.2) is 6.20 Å². The first-order valence-corrected chi connectivity index (χ1v) is 7.68. The lowest BCUT2D eigenvalue weighted by molar-refractivity contribution is -0.141. The number of carboxylic acid groups (broad SMARTS) is 1. The van der Waals surface area contributed by atoms with Crippen molar-refractivity contribution in [1.29, 1.82) is 0 Å². The second-order valence-electron chi connectivity index (χ2n) is 6.12. The molecule has 7 heteroatoms. The Bertz CT molecular complexity index is 535. The molecular formula is C14H20N2O4S. The standard InChI is InChI=1S/C14H20N2O4S/c1-14(2,3)13-15-7-10(21-13)12(19)16-4-5-20-9(8-16)6-11(17)18/h7,9H,4-6,8H2,1-3H3,(H,17,18). The first-order valence-electron chi connectivity index (χ1n) is 6.86. The van der Waals surface area contributed by atoms with Gasteiger partial charge in [0.05, 0.1) is 30.3 Å². The summed E-state index contributed by atoms with van der Waals surface area (Å²) >= 11 is 1.40. The number of thiazole rings is 1. The molecule has 2 rings (SSSR count). The number of aromatic nitrogens is 1. The largest absolute Gasteiger partial charge is 0.481 e. The van der Waals surface area contributed by atoms with Gasteiger partial charge in [-0.25, -0.2) is 4.98 Å². The van der Waals surface area contributed by atoms with Crippen molar-refractivity contribution < 1.29 is 19.4 Å². The quantitative estimate of drug-likeness (QED) is 0.920. The lowest BCUT2D eigenvalue weighted by Crippen LogP contribution is -2.46. The molecule has 1 amide bonds. The number of aliphatic carboxylic acids is 1. The Morgan fingerprint density at radius 3 is 2.81 bits per heavy atom. The monoisotopic (exact) mass is 312 g/mol. The third-order valence-corrected chi connectivity index (χ3v) is 4.60. The molecule has 1 fully saturated rings. The Morgan fingerprint density at radius 2 is 2.24 bits per heavy atom. The van der Waals surface area contributed by atoms with Crippen molar-refractivity contribution in [2.75, 3.05) is 19.7 Å². The summed E-state index contributed by atoms with van der Waals surface area (Å²) in [5.74, 6) is -1.01. The second-order valence-corrected chi connectivity index (χ2v) is 7.15. The summed E-state index contributed by atoms with van der Waals surface area (Å²) < 4.78 is 5.38. The van der Waals surface area contributed by atoms with Crippen molar-refractivity contribution >= 4 is 23.2 Å². The Balaban J connectivity index is 2.05. The van der Waals surface area contributed by atoms with E-state index in [-0.39, 0.29) is 17.7 Å². The third-order valence-electron chi connectivity index (χ3n) is 3.19. The van der Waals surface area contributed by atoms with E-state index >= 15 is 0 Å². The zero-order valence-electron chi connectivity index (χ0n) is 12.5. The summed E-state index contributed by atoms with van der Waals surface area (Å²) in [5, 5.41) is 9.73. The van der Waals surface area contributed by atoms with Gasteiger partial charge in [0, 0.05) is 18.5 Å². The molecule has 0 radical (unpaired) electrons. The van der Waals surface area contributed by atoms with Crippen LogP contribution in [0.3, 0.4) is 0 Å². The van der Waals surface area contributed by atoms with Crippen molar-refractivity contribution in [2.45, 2.75) is 38.7 Å². The molecule has 1 atom stereocenters. The van der Waals surface area contributed by atoms with Crippen LogP contribution in [0.25, 0.3) is 0 Å². The molecule has 0 aromatic carbocycles.